The number of carbonyl (C=O) groups is 4. The number of piperidine rings is 1. The summed E-state index contributed by atoms with van der Waals surface area (Å²) in [6, 6.07) is 5.23. The van der Waals surface area contributed by atoms with Crippen molar-refractivity contribution in [2.45, 2.75) is 44.4 Å². The molecule has 0 aliphatic carbocycles. The lowest BCUT2D eigenvalue weighted by atomic mass is 9.85. The molecule has 0 unspecified atom stereocenters. The molecule has 4 rings (SSSR count). The van der Waals surface area contributed by atoms with Gasteiger partial charge in [-0.15, -0.1) is 0 Å². The highest BCUT2D eigenvalue weighted by Crippen LogP contribution is 2.40. The molecule has 9 nitrogen and oxygen atoms in total. The van der Waals surface area contributed by atoms with Crippen LogP contribution in [0, 0.1) is 11.7 Å². The van der Waals surface area contributed by atoms with E-state index >= 15 is 0 Å². The normalized spacial score (nSPS) is 19.2. The van der Waals surface area contributed by atoms with Crippen LogP contribution in [0.25, 0.3) is 0 Å². The minimum atomic E-state index is -4.89. The number of hydrogen-bond donors (Lipinski definition) is 1. The van der Waals surface area contributed by atoms with Gasteiger partial charge < -0.3 is 15.0 Å². The summed E-state index contributed by atoms with van der Waals surface area (Å²) in [5, 5.41) is 2.42. The molecule has 2 heterocycles. The monoisotopic (exact) mass is 581 g/mol. The fourth-order valence-corrected chi connectivity index (χ4v) is 5.20. The first-order chi connectivity index (χ1) is 20.3. The summed E-state index contributed by atoms with van der Waals surface area (Å²) in [5.41, 5.74) is -2.98. The summed E-state index contributed by atoms with van der Waals surface area (Å²) in [7, 11) is -1.35. The highest BCUT2D eigenvalue weighted by Gasteiger charge is 2.58. The molecule has 220 valence electrons. The van der Waals surface area contributed by atoms with Gasteiger partial charge in [0.2, 0.25) is 5.91 Å². The number of benzene rings is 2. The summed E-state index contributed by atoms with van der Waals surface area (Å²) in [5.74, 6) is -3.85. The number of likely N-dealkylation sites (tertiary alicyclic amines) is 1. The van der Waals surface area contributed by atoms with Gasteiger partial charge in [-0.25, -0.2) is 9.18 Å². The Bertz CT molecular complexity index is 1460. The third-order valence-corrected chi connectivity index (χ3v) is 7.43. The predicted molar refractivity (Wildman–Crippen MR) is 140 cm³/mol. The average Bonchev–Trinajstić information content (AvgIpc) is 3.10. The molecule has 2 aliphatic heterocycles. The van der Waals surface area contributed by atoms with Crippen LogP contribution in [-0.2, 0) is 15.8 Å². The summed E-state index contributed by atoms with van der Waals surface area (Å²) < 4.78 is 79.9. The maximum Gasteiger partial charge on any atom is 0.416 e. The van der Waals surface area contributed by atoms with Crippen molar-refractivity contribution in [3.63, 3.8) is 0 Å². The Morgan fingerprint density at radius 2 is 1.71 bits per heavy atom. The Kier molecular flexibility index (Phi) is 6.93. The topological polar surface area (TPSA) is 99.3 Å². The van der Waals surface area contributed by atoms with Crippen LogP contribution in [0.2, 0.25) is 0 Å². The molecule has 2 aliphatic rings. The Morgan fingerprint density at radius 3 is 2.27 bits per heavy atom. The lowest BCUT2D eigenvalue weighted by molar-refractivity contribution is -0.139. The van der Waals surface area contributed by atoms with Crippen LogP contribution in [0.4, 0.5) is 28.0 Å². The molecular weight excluding hydrogens is 548 g/mol. The molecule has 2 aromatic carbocycles. The lowest BCUT2D eigenvalue weighted by Crippen LogP contribution is -2.60. The first-order valence-electron chi connectivity index (χ1n) is 14.2. The van der Waals surface area contributed by atoms with Crippen molar-refractivity contribution in [3.05, 3.63) is 59.4 Å². The Morgan fingerprint density at radius 1 is 1.07 bits per heavy atom. The molecular formula is C28H30F4N4O5. The third kappa shape index (κ3) is 5.57. The number of methoxy groups -OCH3 is 1. The molecule has 1 atom stereocenters. The number of rotatable bonds is 6. The van der Waals surface area contributed by atoms with Crippen LogP contribution in [0.15, 0.2) is 42.5 Å². The van der Waals surface area contributed by atoms with Crippen molar-refractivity contribution >= 4 is 29.4 Å². The average molecular weight is 582 g/mol. The van der Waals surface area contributed by atoms with E-state index in [1.165, 1.54) is 41.1 Å². The zero-order valence-corrected chi connectivity index (χ0v) is 22.4. The van der Waals surface area contributed by atoms with Gasteiger partial charge in [-0.3, -0.25) is 24.2 Å². The van der Waals surface area contributed by atoms with Crippen molar-refractivity contribution < 1.29 is 45.6 Å². The molecule has 0 bridgehead atoms. The quantitative estimate of drug-likeness (QED) is 0.410. The van der Waals surface area contributed by atoms with Crippen LogP contribution in [0.5, 0.6) is 5.75 Å². The van der Waals surface area contributed by atoms with Crippen LogP contribution in [0.3, 0.4) is 0 Å². The van der Waals surface area contributed by atoms with Gasteiger partial charge in [0.15, 0.2) is 0 Å². The maximum absolute atomic E-state index is 13.9. The van der Waals surface area contributed by atoms with E-state index in [2.05, 4.69) is 5.32 Å². The van der Waals surface area contributed by atoms with E-state index in [9.17, 15) is 36.7 Å². The number of ether oxygens (including phenoxy) is 1. The number of alkyl halides is 3. The van der Waals surface area contributed by atoms with Gasteiger partial charge in [-0.1, -0.05) is 13.8 Å². The second-order valence-corrected chi connectivity index (χ2v) is 10.4. The van der Waals surface area contributed by atoms with Crippen LogP contribution < -0.4 is 15.0 Å². The van der Waals surface area contributed by atoms with E-state index in [1.807, 2.05) is 0 Å². The number of nitrogens with zero attached hydrogens (tertiary/aromatic N) is 3. The van der Waals surface area contributed by atoms with Crippen LogP contribution >= 0.6 is 0 Å². The Hall–Kier alpha value is -4.16. The highest BCUT2D eigenvalue weighted by atomic mass is 19.4. The fraction of sp³-hybridized carbons (Fsp3) is 0.429. The second kappa shape index (κ2) is 11.0. The molecule has 1 N–H and O–H groups in total. The van der Waals surface area contributed by atoms with E-state index in [-0.39, 0.29) is 37.7 Å². The van der Waals surface area contributed by atoms with E-state index in [4.69, 9.17) is 8.85 Å². The number of likely N-dealkylation sites (N-methyl/N-ethyl adjacent to an activating group) is 1. The Labute approximate surface area is 238 Å². The first kappa shape index (κ1) is 25.8. The van der Waals surface area contributed by atoms with Crippen molar-refractivity contribution in [2.75, 3.05) is 32.1 Å². The molecule has 2 aromatic rings. The lowest BCUT2D eigenvalue weighted by Gasteiger charge is -2.43. The van der Waals surface area contributed by atoms with Crippen molar-refractivity contribution in [1.82, 2.24) is 15.1 Å². The molecule has 5 amide bonds. The van der Waals surface area contributed by atoms with Crippen LogP contribution in [0.1, 0.15) is 46.7 Å². The largest absolute Gasteiger partial charge is 0.497 e. The summed E-state index contributed by atoms with van der Waals surface area (Å²) in [6.07, 6.45) is -4.83. The smallest absolute Gasteiger partial charge is 0.416 e. The van der Waals surface area contributed by atoms with Gasteiger partial charge in [0.05, 0.1) is 16.7 Å². The molecule has 0 aromatic heterocycles. The molecule has 2 fully saturated rings. The van der Waals surface area contributed by atoms with Gasteiger partial charge >= 0.3 is 12.2 Å². The molecule has 13 heteroatoms. The van der Waals surface area contributed by atoms with Gasteiger partial charge in [0, 0.05) is 31.4 Å². The molecule has 1 spiro atoms. The standard InChI is InChI=1S/C28H30F4N4O5/c1-16(2)22(33-23(37)17-13-18(28(30,31)32)15-19(29)14-17)24(38)35-11-9-27(10-12-35)25(39)34(3)26(40)36(27)20-5-7-21(41-4)8-6-20/h5-8,13-16,22H,9-12H2,1-4H3,(H,33,37)/t22-/m1/s1/i4D3. The summed E-state index contributed by atoms with van der Waals surface area (Å²) in [4.78, 5) is 56.6. The second-order valence-electron chi connectivity index (χ2n) is 10.4. The zero-order chi connectivity index (χ0) is 32.8. The zero-order valence-electron chi connectivity index (χ0n) is 25.4. The first-order valence-corrected chi connectivity index (χ1v) is 12.7. The number of halogens is 4. The number of anilines is 1. The van der Waals surface area contributed by atoms with Gasteiger partial charge in [0.1, 0.15) is 23.1 Å². The van der Waals surface area contributed by atoms with E-state index in [1.54, 1.807) is 13.8 Å². The van der Waals surface area contributed by atoms with Crippen molar-refractivity contribution in [3.8, 4) is 5.75 Å². The SMILES string of the molecule is [2H]C([2H])([2H])Oc1ccc(N2C(=O)N(C)C(=O)C23CCN(C(=O)[C@H](NC(=O)c2cc(F)cc(C(F)(F)F)c2)C(C)C)CC3)cc1. The fourth-order valence-electron chi connectivity index (χ4n) is 5.20. The Balaban J connectivity index is 1.52. The number of carbonyl (C=O) groups excluding carboxylic acids is 4. The van der Waals surface area contributed by atoms with E-state index in [0.29, 0.717) is 17.8 Å². The summed E-state index contributed by atoms with van der Waals surface area (Å²) >= 11 is 0. The van der Waals surface area contributed by atoms with Crippen LogP contribution in [-0.4, -0.2) is 72.3 Å². The molecule has 0 saturated carbocycles. The summed E-state index contributed by atoms with van der Waals surface area (Å²) in [6.45, 7) is 3.24. The van der Waals surface area contributed by atoms with Gasteiger partial charge in [-0.05, 0) is 61.2 Å². The van der Waals surface area contributed by atoms with Gasteiger partial charge in [0.25, 0.3) is 11.8 Å². The molecule has 2 saturated heterocycles. The van der Waals surface area contributed by atoms with Gasteiger partial charge in [-0.2, -0.15) is 13.2 Å². The third-order valence-electron chi connectivity index (χ3n) is 7.43. The number of urea groups is 1. The number of nitrogens with one attached hydrogen (secondary N) is 1. The van der Waals surface area contributed by atoms with E-state index in [0.717, 1.165) is 4.90 Å². The highest BCUT2D eigenvalue weighted by molar-refractivity contribution is 6.16. The minimum Gasteiger partial charge on any atom is -0.497 e. The van der Waals surface area contributed by atoms with E-state index < -0.39 is 71.4 Å². The number of imide groups is 1. The molecule has 41 heavy (non-hydrogen) atoms. The number of hydrogen-bond acceptors (Lipinski definition) is 5. The predicted octanol–water partition coefficient (Wildman–Crippen LogP) is 4.07. The van der Waals surface area contributed by atoms with Crippen molar-refractivity contribution in [2.24, 2.45) is 5.92 Å². The number of amides is 5. The minimum absolute atomic E-state index is 0.000283. The van der Waals surface area contributed by atoms with Crippen molar-refractivity contribution in [1.29, 1.82) is 0 Å². The molecule has 0 radical (unpaired) electrons. The maximum atomic E-state index is 13.9.